The third-order valence-corrected chi connectivity index (χ3v) is 5.07. The second-order valence-electron chi connectivity index (χ2n) is 6.94. The van der Waals surface area contributed by atoms with E-state index in [-0.39, 0.29) is 0 Å². The Hall–Kier alpha value is -2.41. The molecular formula is C20H22F3N2O2+. The summed E-state index contributed by atoms with van der Waals surface area (Å²) in [6.45, 7) is 5.25. The number of piperazine rings is 1. The minimum Gasteiger partial charge on any atom is -0.486 e. The van der Waals surface area contributed by atoms with Gasteiger partial charge < -0.3 is 19.3 Å². The molecule has 0 saturated carbocycles. The topological polar surface area (TPSA) is 26.1 Å². The SMILES string of the molecule is FC(F)(F)c1cccc(N2CC[NH+](Cc3ccc4c(c3)OCCO4)CC2)c1. The van der Waals surface area contributed by atoms with E-state index in [1.807, 2.05) is 17.0 Å². The molecule has 1 saturated heterocycles. The van der Waals surface area contributed by atoms with Crippen LogP contribution in [-0.4, -0.2) is 39.4 Å². The van der Waals surface area contributed by atoms with E-state index in [0.717, 1.165) is 50.3 Å². The number of quaternary nitrogens is 1. The summed E-state index contributed by atoms with van der Waals surface area (Å²) in [5.41, 5.74) is 1.23. The molecule has 2 aromatic carbocycles. The predicted octanol–water partition coefficient (Wildman–Crippen LogP) is 2.38. The molecule has 0 spiro atoms. The second kappa shape index (κ2) is 7.31. The summed E-state index contributed by atoms with van der Waals surface area (Å²) in [5, 5.41) is 0. The van der Waals surface area contributed by atoms with Crippen molar-refractivity contribution in [3.8, 4) is 11.5 Å². The molecule has 0 aromatic heterocycles. The quantitative estimate of drug-likeness (QED) is 0.887. The van der Waals surface area contributed by atoms with E-state index in [0.29, 0.717) is 18.9 Å². The Labute approximate surface area is 156 Å². The van der Waals surface area contributed by atoms with Crippen molar-refractivity contribution >= 4 is 5.69 Å². The molecule has 0 amide bonds. The van der Waals surface area contributed by atoms with Crippen molar-refractivity contribution in [3.63, 3.8) is 0 Å². The molecule has 4 rings (SSSR count). The highest BCUT2D eigenvalue weighted by Crippen LogP contribution is 2.32. The summed E-state index contributed by atoms with van der Waals surface area (Å²) in [5.74, 6) is 1.58. The molecule has 144 valence electrons. The van der Waals surface area contributed by atoms with Gasteiger partial charge in [-0.25, -0.2) is 0 Å². The number of ether oxygens (including phenoxy) is 2. The molecule has 4 nitrogen and oxygen atoms in total. The fraction of sp³-hybridized carbons (Fsp3) is 0.400. The highest BCUT2D eigenvalue weighted by atomic mass is 19.4. The van der Waals surface area contributed by atoms with Gasteiger partial charge in [0.15, 0.2) is 11.5 Å². The maximum absolute atomic E-state index is 12.9. The van der Waals surface area contributed by atoms with Crippen LogP contribution in [-0.2, 0) is 12.7 Å². The average molecular weight is 379 g/mol. The number of hydrogen-bond acceptors (Lipinski definition) is 3. The Kier molecular flexibility index (Phi) is 4.86. The van der Waals surface area contributed by atoms with Crippen LogP contribution in [0.25, 0.3) is 0 Å². The summed E-state index contributed by atoms with van der Waals surface area (Å²) < 4.78 is 49.9. The molecule has 0 bridgehead atoms. The fourth-order valence-corrected chi connectivity index (χ4v) is 3.62. The molecule has 1 N–H and O–H groups in total. The van der Waals surface area contributed by atoms with Crippen LogP contribution in [0.15, 0.2) is 42.5 Å². The van der Waals surface area contributed by atoms with Crippen molar-refractivity contribution in [2.24, 2.45) is 0 Å². The van der Waals surface area contributed by atoms with Crippen LogP contribution in [0.3, 0.4) is 0 Å². The second-order valence-corrected chi connectivity index (χ2v) is 6.94. The van der Waals surface area contributed by atoms with Gasteiger partial charge in [-0.2, -0.15) is 13.2 Å². The first-order valence-corrected chi connectivity index (χ1v) is 9.13. The number of alkyl halides is 3. The average Bonchev–Trinajstić information content (AvgIpc) is 2.68. The molecule has 2 aliphatic heterocycles. The van der Waals surface area contributed by atoms with Crippen LogP contribution in [0.2, 0.25) is 0 Å². The Morgan fingerprint density at radius 2 is 1.67 bits per heavy atom. The van der Waals surface area contributed by atoms with E-state index in [1.54, 1.807) is 6.07 Å². The number of nitrogens with zero attached hydrogens (tertiary/aromatic N) is 1. The van der Waals surface area contributed by atoms with Crippen molar-refractivity contribution in [3.05, 3.63) is 53.6 Å². The number of hydrogen-bond donors (Lipinski definition) is 1. The minimum absolute atomic E-state index is 0.568. The molecule has 2 heterocycles. The molecule has 0 radical (unpaired) electrons. The van der Waals surface area contributed by atoms with Crippen molar-refractivity contribution in [2.45, 2.75) is 12.7 Å². The van der Waals surface area contributed by atoms with Crippen LogP contribution < -0.4 is 19.3 Å². The van der Waals surface area contributed by atoms with Gasteiger partial charge in [0.25, 0.3) is 0 Å². The van der Waals surface area contributed by atoms with Gasteiger partial charge in [-0.15, -0.1) is 0 Å². The van der Waals surface area contributed by atoms with Crippen molar-refractivity contribution < 1.29 is 27.5 Å². The lowest BCUT2D eigenvalue weighted by atomic mass is 10.1. The van der Waals surface area contributed by atoms with Crippen LogP contribution in [0.4, 0.5) is 18.9 Å². The first-order valence-electron chi connectivity index (χ1n) is 9.13. The van der Waals surface area contributed by atoms with E-state index in [4.69, 9.17) is 9.47 Å². The van der Waals surface area contributed by atoms with E-state index < -0.39 is 11.7 Å². The Morgan fingerprint density at radius 1 is 0.926 bits per heavy atom. The number of nitrogens with one attached hydrogen (secondary N) is 1. The Balaban J connectivity index is 1.37. The minimum atomic E-state index is -4.30. The molecule has 0 aliphatic carbocycles. The van der Waals surface area contributed by atoms with Crippen molar-refractivity contribution in [2.75, 3.05) is 44.3 Å². The molecule has 1 fully saturated rings. The molecule has 7 heteroatoms. The van der Waals surface area contributed by atoms with E-state index >= 15 is 0 Å². The van der Waals surface area contributed by atoms with Gasteiger partial charge in [-0.3, -0.25) is 0 Å². The van der Waals surface area contributed by atoms with Gasteiger partial charge in [0.05, 0.1) is 31.7 Å². The van der Waals surface area contributed by atoms with Crippen LogP contribution >= 0.6 is 0 Å². The van der Waals surface area contributed by atoms with E-state index in [1.165, 1.54) is 22.6 Å². The standard InChI is InChI=1S/C20H21F3N2O2/c21-20(22,23)16-2-1-3-17(13-16)25-8-6-24(7-9-25)14-15-4-5-18-19(12-15)27-11-10-26-18/h1-5,12-13H,6-11,14H2/p+1. The third kappa shape index (κ3) is 4.13. The van der Waals surface area contributed by atoms with Gasteiger partial charge in [0, 0.05) is 11.3 Å². The zero-order valence-corrected chi connectivity index (χ0v) is 14.9. The monoisotopic (exact) mass is 379 g/mol. The Morgan fingerprint density at radius 3 is 2.41 bits per heavy atom. The summed E-state index contributed by atoms with van der Waals surface area (Å²) in [7, 11) is 0. The van der Waals surface area contributed by atoms with Crippen molar-refractivity contribution in [1.82, 2.24) is 0 Å². The number of rotatable bonds is 3. The summed E-state index contributed by atoms with van der Waals surface area (Å²) in [4.78, 5) is 3.44. The van der Waals surface area contributed by atoms with Gasteiger partial charge in [-0.05, 0) is 36.4 Å². The number of halogens is 3. The highest BCUT2D eigenvalue weighted by molar-refractivity contribution is 5.49. The Bertz CT molecular complexity index is 802. The summed E-state index contributed by atoms with van der Waals surface area (Å²) in [6.07, 6.45) is -4.30. The first kappa shape index (κ1) is 18.0. The third-order valence-electron chi connectivity index (χ3n) is 5.07. The maximum atomic E-state index is 12.9. The smallest absolute Gasteiger partial charge is 0.416 e. The molecular weight excluding hydrogens is 357 g/mol. The first-order chi connectivity index (χ1) is 13.0. The summed E-state index contributed by atoms with van der Waals surface area (Å²) >= 11 is 0. The van der Waals surface area contributed by atoms with Gasteiger partial charge >= 0.3 is 6.18 Å². The number of fused-ring (bicyclic) bond motifs is 1. The lowest BCUT2D eigenvalue weighted by molar-refractivity contribution is -0.914. The predicted molar refractivity (Wildman–Crippen MR) is 95.5 cm³/mol. The molecule has 0 atom stereocenters. The van der Waals surface area contributed by atoms with Gasteiger partial charge in [0.1, 0.15) is 19.8 Å². The van der Waals surface area contributed by atoms with Crippen LogP contribution in [0, 0.1) is 0 Å². The van der Waals surface area contributed by atoms with Crippen LogP contribution in [0.5, 0.6) is 11.5 Å². The van der Waals surface area contributed by atoms with Gasteiger partial charge in [-0.1, -0.05) is 6.07 Å². The highest BCUT2D eigenvalue weighted by Gasteiger charge is 2.31. The zero-order chi connectivity index (χ0) is 18.9. The van der Waals surface area contributed by atoms with E-state index in [9.17, 15) is 13.2 Å². The van der Waals surface area contributed by atoms with E-state index in [2.05, 4.69) is 6.07 Å². The fourth-order valence-electron chi connectivity index (χ4n) is 3.62. The molecule has 27 heavy (non-hydrogen) atoms. The largest absolute Gasteiger partial charge is 0.486 e. The van der Waals surface area contributed by atoms with Crippen LogP contribution in [0.1, 0.15) is 11.1 Å². The van der Waals surface area contributed by atoms with Gasteiger partial charge in [0.2, 0.25) is 0 Å². The number of benzene rings is 2. The summed E-state index contributed by atoms with van der Waals surface area (Å²) in [6, 6.07) is 11.6. The normalized spacial score (nSPS) is 17.8. The number of anilines is 1. The molecule has 2 aromatic rings. The zero-order valence-electron chi connectivity index (χ0n) is 14.9. The van der Waals surface area contributed by atoms with Crippen molar-refractivity contribution in [1.29, 1.82) is 0 Å². The lowest BCUT2D eigenvalue weighted by Crippen LogP contribution is -3.13. The maximum Gasteiger partial charge on any atom is 0.416 e. The lowest BCUT2D eigenvalue weighted by Gasteiger charge is -2.34. The molecule has 2 aliphatic rings. The molecule has 0 unspecified atom stereocenters.